The number of aliphatic hydroxyl groups excluding tert-OH is 1. The maximum Gasteiger partial charge on any atom is 0.243 e. The van der Waals surface area contributed by atoms with E-state index in [2.05, 4.69) is 22.8 Å². The summed E-state index contributed by atoms with van der Waals surface area (Å²) in [7, 11) is 0. The van der Waals surface area contributed by atoms with E-state index >= 15 is 0 Å². The fourth-order valence-corrected chi connectivity index (χ4v) is 4.59. The standard InChI is InChI=1S/C29H35N5O3.2ClH/c30-29(31)24-4-2-5-26(18-24)34(19-21-3-1-6-27(17-21)37-16-15-35)20-28(36)33-25-9-7-22(8-10-25)23-11-13-32-14-12-23;;/h1-10,17-18,23,32,35H,11-16,19-20H2,(H3,30,31)(H,33,36);2*1H. The van der Waals surface area contributed by atoms with Crippen molar-refractivity contribution in [2.24, 2.45) is 5.73 Å². The third-order valence-electron chi connectivity index (χ3n) is 6.49. The minimum absolute atomic E-state index is 0. The molecule has 3 aromatic rings. The second kappa shape index (κ2) is 16.0. The van der Waals surface area contributed by atoms with Crippen molar-refractivity contribution < 1.29 is 14.6 Å². The number of nitrogens with zero attached hydrogens (tertiary/aromatic N) is 1. The van der Waals surface area contributed by atoms with Crippen LogP contribution in [-0.4, -0.2) is 49.7 Å². The van der Waals surface area contributed by atoms with Crippen LogP contribution in [0.15, 0.2) is 72.8 Å². The van der Waals surface area contributed by atoms with Crippen LogP contribution in [0.5, 0.6) is 5.75 Å². The summed E-state index contributed by atoms with van der Waals surface area (Å²) in [5.41, 5.74) is 10.1. The van der Waals surface area contributed by atoms with E-state index in [1.54, 1.807) is 6.07 Å². The molecule has 1 aliphatic rings. The summed E-state index contributed by atoms with van der Waals surface area (Å²) in [6, 6.07) is 23.1. The molecule has 0 atom stereocenters. The summed E-state index contributed by atoms with van der Waals surface area (Å²) < 4.78 is 5.55. The first kappa shape index (κ1) is 31.9. The van der Waals surface area contributed by atoms with Crippen LogP contribution in [0.1, 0.15) is 35.4 Å². The molecule has 0 aromatic heterocycles. The van der Waals surface area contributed by atoms with Gasteiger partial charge in [-0.2, -0.15) is 0 Å². The van der Waals surface area contributed by atoms with Gasteiger partial charge in [0.15, 0.2) is 0 Å². The number of amides is 1. The molecule has 10 heteroatoms. The molecule has 210 valence electrons. The van der Waals surface area contributed by atoms with E-state index in [4.69, 9.17) is 21.0 Å². The Kier molecular flexibility index (Phi) is 13.1. The number of carbonyl (C=O) groups is 1. The molecular formula is C29H37Cl2N5O3. The molecule has 0 radical (unpaired) electrons. The maximum atomic E-state index is 13.1. The van der Waals surface area contributed by atoms with Crippen LogP contribution >= 0.6 is 24.8 Å². The number of nitrogens with one attached hydrogen (secondary N) is 3. The van der Waals surface area contributed by atoms with E-state index in [0.29, 0.717) is 23.8 Å². The van der Waals surface area contributed by atoms with Crippen LogP contribution < -0.4 is 26.0 Å². The number of rotatable bonds is 11. The van der Waals surface area contributed by atoms with Crippen molar-refractivity contribution in [3.63, 3.8) is 0 Å². The molecule has 1 aliphatic heterocycles. The minimum Gasteiger partial charge on any atom is -0.491 e. The SMILES string of the molecule is Cl.Cl.N=C(N)c1cccc(N(CC(=O)Nc2ccc(C3CCNCC3)cc2)Cc2cccc(OCCO)c2)c1. The monoisotopic (exact) mass is 573 g/mol. The number of nitrogens with two attached hydrogens (primary N) is 1. The van der Waals surface area contributed by atoms with E-state index in [0.717, 1.165) is 42.9 Å². The Morgan fingerprint density at radius 1 is 1.05 bits per heavy atom. The molecule has 0 bridgehead atoms. The average molecular weight is 575 g/mol. The smallest absolute Gasteiger partial charge is 0.243 e. The average Bonchev–Trinajstić information content (AvgIpc) is 2.93. The second-order valence-electron chi connectivity index (χ2n) is 9.23. The number of anilines is 2. The zero-order valence-corrected chi connectivity index (χ0v) is 23.4. The van der Waals surface area contributed by atoms with E-state index in [-0.39, 0.29) is 56.3 Å². The molecule has 8 nitrogen and oxygen atoms in total. The van der Waals surface area contributed by atoms with Crippen molar-refractivity contribution in [3.8, 4) is 5.75 Å². The van der Waals surface area contributed by atoms with Gasteiger partial charge in [-0.25, -0.2) is 0 Å². The summed E-state index contributed by atoms with van der Waals surface area (Å²) in [6.07, 6.45) is 2.26. The number of ether oxygens (including phenoxy) is 1. The van der Waals surface area contributed by atoms with Gasteiger partial charge in [0.2, 0.25) is 5.91 Å². The Morgan fingerprint density at radius 3 is 2.46 bits per heavy atom. The highest BCUT2D eigenvalue weighted by atomic mass is 35.5. The molecule has 0 unspecified atom stereocenters. The van der Waals surface area contributed by atoms with Gasteiger partial charge in [0, 0.05) is 23.5 Å². The minimum atomic E-state index is -0.143. The number of carbonyl (C=O) groups excluding carboxylic acids is 1. The third kappa shape index (κ3) is 9.44. The van der Waals surface area contributed by atoms with Gasteiger partial charge in [0.25, 0.3) is 0 Å². The van der Waals surface area contributed by atoms with Crippen LogP contribution in [0, 0.1) is 5.41 Å². The maximum absolute atomic E-state index is 13.1. The molecular weight excluding hydrogens is 537 g/mol. The lowest BCUT2D eigenvalue weighted by molar-refractivity contribution is -0.115. The lowest BCUT2D eigenvalue weighted by atomic mass is 9.90. The Balaban J connectivity index is 0.00000267. The van der Waals surface area contributed by atoms with E-state index in [1.165, 1.54) is 5.56 Å². The zero-order chi connectivity index (χ0) is 26.0. The summed E-state index contributed by atoms with van der Waals surface area (Å²) in [5, 5.41) is 23.3. The van der Waals surface area contributed by atoms with Gasteiger partial charge in [0.05, 0.1) is 13.2 Å². The number of aliphatic hydroxyl groups is 1. The Labute approximate surface area is 242 Å². The molecule has 39 heavy (non-hydrogen) atoms. The van der Waals surface area contributed by atoms with Crippen LogP contribution in [0.3, 0.4) is 0 Å². The fourth-order valence-electron chi connectivity index (χ4n) is 4.59. The van der Waals surface area contributed by atoms with Crippen molar-refractivity contribution >= 4 is 47.9 Å². The highest BCUT2D eigenvalue weighted by Gasteiger charge is 2.17. The molecule has 4 rings (SSSR count). The highest BCUT2D eigenvalue weighted by Crippen LogP contribution is 2.26. The predicted octanol–water partition coefficient (Wildman–Crippen LogP) is 4.30. The first-order chi connectivity index (χ1) is 18.0. The van der Waals surface area contributed by atoms with Crippen LogP contribution in [0.4, 0.5) is 11.4 Å². The van der Waals surface area contributed by atoms with Crippen molar-refractivity contribution in [3.05, 3.63) is 89.5 Å². The van der Waals surface area contributed by atoms with Gasteiger partial charge in [-0.05, 0) is 79.4 Å². The number of benzene rings is 3. The Morgan fingerprint density at radius 2 is 1.77 bits per heavy atom. The largest absolute Gasteiger partial charge is 0.491 e. The van der Waals surface area contributed by atoms with Crippen molar-refractivity contribution in [1.82, 2.24) is 5.32 Å². The highest BCUT2D eigenvalue weighted by molar-refractivity contribution is 5.97. The van der Waals surface area contributed by atoms with Gasteiger partial charge in [-0.1, -0.05) is 36.4 Å². The fraction of sp³-hybridized carbons (Fsp3) is 0.310. The molecule has 0 spiro atoms. The van der Waals surface area contributed by atoms with Crippen molar-refractivity contribution in [2.45, 2.75) is 25.3 Å². The second-order valence-corrected chi connectivity index (χ2v) is 9.23. The number of hydrogen-bond donors (Lipinski definition) is 5. The number of nitrogen functional groups attached to an aromatic ring is 1. The summed E-state index contributed by atoms with van der Waals surface area (Å²) in [4.78, 5) is 15.1. The normalized spacial score (nSPS) is 12.9. The topological polar surface area (TPSA) is 124 Å². The molecule has 0 aliphatic carbocycles. The van der Waals surface area contributed by atoms with Crippen LogP contribution in [0.2, 0.25) is 0 Å². The lowest BCUT2D eigenvalue weighted by Crippen LogP contribution is -2.33. The summed E-state index contributed by atoms with van der Waals surface area (Å²) in [5.74, 6) is 1.05. The van der Waals surface area contributed by atoms with Gasteiger partial charge in [-0.3, -0.25) is 10.2 Å². The molecule has 1 heterocycles. The van der Waals surface area contributed by atoms with Gasteiger partial charge in [0.1, 0.15) is 18.2 Å². The Hall–Kier alpha value is -3.30. The van der Waals surface area contributed by atoms with Gasteiger partial charge < -0.3 is 31.1 Å². The first-order valence-electron chi connectivity index (χ1n) is 12.6. The summed E-state index contributed by atoms with van der Waals surface area (Å²) >= 11 is 0. The molecule has 0 saturated carbocycles. The van der Waals surface area contributed by atoms with Crippen LogP contribution in [-0.2, 0) is 11.3 Å². The van der Waals surface area contributed by atoms with Gasteiger partial charge in [-0.15, -0.1) is 24.8 Å². The van der Waals surface area contributed by atoms with E-state index in [1.807, 2.05) is 59.5 Å². The number of hydrogen-bond acceptors (Lipinski definition) is 6. The number of amidine groups is 1. The van der Waals surface area contributed by atoms with E-state index < -0.39 is 0 Å². The Bertz CT molecular complexity index is 1200. The lowest BCUT2D eigenvalue weighted by Gasteiger charge is -2.25. The molecule has 1 fully saturated rings. The van der Waals surface area contributed by atoms with E-state index in [9.17, 15) is 4.79 Å². The third-order valence-corrected chi connectivity index (χ3v) is 6.49. The zero-order valence-electron chi connectivity index (χ0n) is 21.8. The van der Waals surface area contributed by atoms with Crippen molar-refractivity contribution in [2.75, 3.05) is 43.1 Å². The quantitative estimate of drug-likeness (QED) is 0.172. The number of halogens is 2. The molecule has 6 N–H and O–H groups in total. The number of piperidine rings is 1. The predicted molar refractivity (Wildman–Crippen MR) is 162 cm³/mol. The van der Waals surface area contributed by atoms with Crippen LogP contribution in [0.25, 0.3) is 0 Å². The molecule has 1 saturated heterocycles. The first-order valence-corrected chi connectivity index (χ1v) is 12.6. The van der Waals surface area contributed by atoms with Gasteiger partial charge >= 0.3 is 0 Å². The van der Waals surface area contributed by atoms with Crippen molar-refractivity contribution in [1.29, 1.82) is 5.41 Å². The summed E-state index contributed by atoms with van der Waals surface area (Å²) in [6.45, 7) is 2.79. The molecule has 3 aromatic carbocycles. The molecule has 1 amide bonds.